The maximum atomic E-state index is 6.12. The molecule has 5 nitrogen and oxygen atoms in total. The fourth-order valence-electron chi connectivity index (χ4n) is 1.76. The van der Waals surface area contributed by atoms with E-state index in [0.29, 0.717) is 5.02 Å². The maximum Gasteiger partial charge on any atom is 0.0953 e. The van der Waals surface area contributed by atoms with Crippen LogP contribution in [0.4, 0.5) is 0 Å². The van der Waals surface area contributed by atoms with E-state index in [-0.39, 0.29) is 6.04 Å². The van der Waals surface area contributed by atoms with E-state index in [2.05, 4.69) is 15.5 Å². The molecule has 2 heterocycles. The Kier molecular flexibility index (Phi) is 2.98. The number of hydrogen-bond donors (Lipinski definition) is 1. The van der Waals surface area contributed by atoms with E-state index in [1.54, 1.807) is 15.6 Å². The monoisotopic (exact) mass is 239 g/mol. The molecule has 86 valence electrons. The van der Waals surface area contributed by atoms with Crippen LogP contribution in [0.5, 0.6) is 0 Å². The lowest BCUT2D eigenvalue weighted by atomic mass is 10.1. The molecule has 2 aromatic rings. The molecule has 0 spiro atoms. The molecule has 0 fully saturated rings. The van der Waals surface area contributed by atoms with Crippen LogP contribution in [0.2, 0.25) is 5.02 Å². The summed E-state index contributed by atoms with van der Waals surface area (Å²) in [6, 6.07) is 1.92. The van der Waals surface area contributed by atoms with E-state index in [1.807, 2.05) is 33.4 Å². The Morgan fingerprint density at radius 2 is 2.19 bits per heavy atom. The van der Waals surface area contributed by atoms with Gasteiger partial charge in [0.05, 0.1) is 28.6 Å². The number of aryl methyl sites for hydroxylation is 2. The lowest BCUT2D eigenvalue weighted by Crippen LogP contribution is -2.21. The quantitative estimate of drug-likeness (QED) is 0.873. The van der Waals surface area contributed by atoms with Gasteiger partial charge in [0.1, 0.15) is 0 Å². The largest absolute Gasteiger partial charge is 0.307 e. The Hall–Kier alpha value is -1.33. The van der Waals surface area contributed by atoms with Crippen LogP contribution in [0.1, 0.15) is 17.4 Å². The zero-order valence-electron chi connectivity index (χ0n) is 9.48. The topological polar surface area (TPSA) is 47.7 Å². The highest BCUT2D eigenvalue weighted by Gasteiger charge is 2.21. The summed E-state index contributed by atoms with van der Waals surface area (Å²) in [5, 5.41) is 12.3. The number of hydrogen-bond acceptors (Lipinski definition) is 3. The molecule has 2 aromatic heterocycles. The van der Waals surface area contributed by atoms with Crippen molar-refractivity contribution in [1.82, 2.24) is 24.9 Å². The molecule has 0 aliphatic carbocycles. The number of halogens is 1. The van der Waals surface area contributed by atoms with Crippen LogP contribution >= 0.6 is 11.6 Å². The Morgan fingerprint density at radius 1 is 1.44 bits per heavy atom. The molecule has 0 saturated carbocycles. The van der Waals surface area contributed by atoms with Gasteiger partial charge in [0.25, 0.3) is 0 Å². The minimum Gasteiger partial charge on any atom is -0.307 e. The lowest BCUT2D eigenvalue weighted by molar-refractivity contribution is 0.583. The van der Waals surface area contributed by atoms with E-state index in [9.17, 15) is 0 Å². The molecule has 1 atom stereocenters. The first-order valence-electron chi connectivity index (χ1n) is 4.97. The van der Waals surface area contributed by atoms with Crippen LogP contribution in [0, 0.1) is 0 Å². The molecule has 1 unspecified atom stereocenters. The van der Waals surface area contributed by atoms with Gasteiger partial charge in [0, 0.05) is 20.3 Å². The Balaban J connectivity index is 2.44. The number of nitrogens with zero attached hydrogens (tertiary/aromatic N) is 4. The van der Waals surface area contributed by atoms with Gasteiger partial charge in [-0.15, -0.1) is 0 Å². The highest BCUT2D eigenvalue weighted by Crippen LogP contribution is 2.26. The van der Waals surface area contributed by atoms with Gasteiger partial charge in [-0.05, 0) is 13.1 Å². The van der Waals surface area contributed by atoms with Gasteiger partial charge in [0.15, 0.2) is 0 Å². The first-order valence-corrected chi connectivity index (χ1v) is 5.35. The van der Waals surface area contributed by atoms with Crippen molar-refractivity contribution in [2.45, 2.75) is 6.04 Å². The van der Waals surface area contributed by atoms with Crippen LogP contribution in [0.3, 0.4) is 0 Å². The second-order valence-electron chi connectivity index (χ2n) is 3.64. The van der Waals surface area contributed by atoms with E-state index in [1.165, 1.54) is 0 Å². The number of rotatable bonds is 3. The third-order valence-corrected chi connectivity index (χ3v) is 2.82. The molecule has 0 aromatic carbocycles. The standard InChI is InChI=1S/C10H14ClN5/c1-12-9(8-4-5-15(2)14-8)10-7(11)6-13-16(10)3/h4-6,9,12H,1-3H3. The van der Waals surface area contributed by atoms with Crippen molar-refractivity contribution in [3.63, 3.8) is 0 Å². The lowest BCUT2D eigenvalue weighted by Gasteiger charge is -2.14. The molecule has 16 heavy (non-hydrogen) atoms. The van der Waals surface area contributed by atoms with E-state index in [0.717, 1.165) is 11.4 Å². The molecule has 0 aliphatic heterocycles. The van der Waals surface area contributed by atoms with Crippen molar-refractivity contribution in [2.24, 2.45) is 14.1 Å². The second-order valence-corrected chi connectivity index (χ2v) is 4.04. The van der Waals surface area contributed by atoms with Gasteiger partial charge < -0.3 is 5.32 Å². The zero-order chi connectivity index (χ0) is 11.7. The summed E-state index contributed by atoms with van der Waals surface area (Å²) in [6.07, 6.45) is 3.55. The van der Waals surface area contributed by atoms with E-state index in [4.69, 9.17) is 11.6 Å². The fraction of sp³-hybridized carbons (Fsp3) is 0.400. The van der Waals surface area contributed by atoms with Crippen LogP contribution in [-0.2, 0) is 14.1 Å². The average Bonchev–Trinajstić information content (AvgIpc) is 2.80. The zero-order valence-corrected chi connectivity index (χ0v) is 10.2. The highest BCUT2D eigenvalue weighted by molar-refractivity contribution is 6.31. The van der Waals surface area contributed by atoms with Gasteiger partial charge in [-0.2, -0.15) is 10.2 Å². The molecule has 0 amide bonds. The summed E-state index contributed by atoms with van der Waals surface area (Å²) in [5.41, 5.74) is 1.85. The number of nitrogens with one attached hydrogen (secondary N) is 1. The van der Waals surface area contributed by atoms with E-state index >= 15 is 0 Å². The summed E-state index contributed by atoms with van der Waals surface area (Å²) < 4.78 is 3.53. The van der Waals surface area contributed by atoms with Crippen molar-refractivity contribution >= 4 is 11.6 Å². The third kappa shape index (κ3) is 1.83. The van der Waals surface area contributed by atoms with Crippen LogP contribution in [0.25, 0.3) is 0 Å². The van der Waals surface area contributed by atoms with Gasteiger partial charge in [-0.3, -0.25) is 9.36 Å². The molecule has 1 N–H and O–H groups in total. The first kappa shape index (κ1) is 11.2. The number of aromatic nitrogens is 4. The SMILES string of the molecule is CNC(c1ccn(C)n1)c1c(Cl)cnn1C. The minimum atomic E-state index is -0.0406. The van der Waals surface area contributed by atoms with Crippen molar-refractivity contribution in [3.05, 3.63) is 34.9 Å². The summed E-state index contributed by atoms with van der Waals surface area (Å²) in [5.74, 6) is 0. The Morgan fingerprint density at radius 3 is 2.62 bits per heavy atom. The van der Waals surface area contributed by atoms with Gasteiger partial charge >= 0.3 is 0 Å². The smallest absolute Gasteiger partial charge is 0.0953 e. The van der Waals surface area contributed by atoms with Crippen molar-refractivity contribution in [3.8, 4) is 0 Å². The maximum absolute atomic E-state index is 6.12. The predicted octanol–water partition coefficient (Wildman–Crippen LogP) is 1.12. The first-order chi connectivity index (χ1) is 7.63. The van der Waals surface area contributed by atoms with Gasteiger partial charge in [0.2, 0.25) is 0 Å². The summed E-state index contributed by atoms with van der Waals surface area (Å²) in [7, 11) is 5.64. The molecular weight excluding hydrogens is 226 g/mol. The van der Waals surface area contributed by atoms with Gasteiger partial charge in [-0.25, -0.2) is 0 Å². The molecule has 6 heteroatoms. The predicted molar refractivity (Wildman–Crippen MR) is 62.3 cm³/mol. The molecular formula is C10H14ClN5. The average molecular weight is 240 g/mol. The van der Waals surface area contributed by atoms with Crippen LogP contribution in [-0.4, -0.2) is 26.6 Å². The highest BCUT2D eigenvalue weighted by atomic mass is 35.5. The van der Waals surface area contributed by atoms with Crippen molar-refractivity contribution in [1.29, 1.82) is 0 Å². The molecule has 0 bridgehead atoms. The summed E-state index contributed by atoms with van der Waals surface area (Å²) in [6.45, 7) is 0. The van der Waals surface area contributed by atoms with Crippen molar-refractivity contribution < 1.29 is 0 Å². The third-order valence-electron chi connectivity index (χ3n) is 2.53. The summed E-state index contributed by atoms with van der Waals surface area (Å²) in [4.78, 5) is 0. The Labute approximate surface area is 99.0 Å². The fourth-order valence-corrected chi connectivity index (χ4v) is 2.03. The second kappa shape index (κ2) is 4.27. The normalized spacial score (nSPS) is 13.0. The molecule has 2 rings (SSSR count). The molecule has 0 saturated heterocycles. The van der Waals surface area contributed by atoms with Crippen LogP contribution < -0.4 is 5.32 Å². The van der Waals surface area contributed by atoms with E-state index < -0.39 is 0 Å². The molecule has 0 radical (unpaired) electrons. The summed E-state index contributed by atoms with van der Waals surface area (Å²) >= 11 is 6.12. The Bertz CT molecular complexity index is 468. The minimum absolute atomic E-state index is 0.0406. The van der Waals surface area contributed by atoms with Crippen molar-refractivity contribution in [2.75, 3.05) is 7.05 Å². The molecule has 0 aliphatic rings. The van der Waals surface area contributed by atoms with Crippen LogP contribution in [0.15, 0.2) is 18.5 Å². The van der Waals surface area contributed by atoms with Gasteiger partial charge in [-0.1, -0.05) is 11.6 Å².